The van der Waals surface area contributed by atoms with Gasteiger partial charge < -0.3 is 5.73 Å². The van der Waals surface area contributed by atoms with Crippen molar-refractivity contribution in [1.29, 1.82) is 0 Å². The highest BCUT2D eigenvalue weighted by Crippen LogP contribution is 2.34. The molecule has 0 saturated carbocycles. The molecule has 0 atom stereocenters. The number of benzene rings is 2. The lowest BCUT2D eigenvalue weighted by Crippen LogP contribution is -2.40. The van der Waals surface area contributed by atoms with Crippen LogP contribution in [0.15, 0.2) is 60.7 Å². The van der Waals surface area contributed by atoms with E-state index in [0.717, 1.165) is 0 Å². The van der Waals surface area contributed by atoms with Gasteiger partial charge in [-0.3, -0.25) is 4.55 Å². The molecule has 5 nitrogen and oxygen atoms in total. The van der Waals surface area contributed by atoms with Crippen LogP contribution in [0, 0.1) is 0 Å². The van der Waals surface area contributed by atoms with Crippen LogP contribution in [0.25, 0.3) is 0 Å². The molecular weight excluding hydrogens is 278 g/mol. The molecule has 0 aliphatic heterocycles. The normalized spacial score (nSPS) is 12.3. The zero-order chi connectivity index (χ0) is 14.6. The van der Waals surface area contributed by atoms with Gasteiger partial charge in [0.2, 0.25) is 0 Å². The monoisotopic (exact) mass is 293 g/mol. The Morgan fingerprint density at radius 1 is 0.950 bits per heavy atom. The van der Waals surface area contributed by atoms with Gasteiger partial charge in [-0.2, -0.15) is 8.42 Å². The van der Waals surface area contributed by atoms with E-state index in [1.807, 2.05) is 0 Å². The molecule has 6 heteroatoms. The Kier molecular flexibility index (Phi) is 4.20. The zero-order valence-electron chi connectivity index (χ0n) is 10.6. The molecule has 0 amide bonds. The third kappa shape index (κ3) is 3.05. The number of rotatable bonds is 5. The molecule has 0 spiro atoms. The van der Waals surface area contributed by atoms with Crippen LogP contribution in [0.5, 0.6) is 0 Å². The topological polar surface area (TPSA) is 89.6 Å². The molecule has 2 aromatic carbocycles. The van der Waals surface area contributed by atoms with E-state index in [-0.39, 0.29) is 6.54 Å². The van der Waals surface area contributed by atoms with Crippen molar-refractivity contribution in [1.82, 2.24) is 0 Å². The van der Waals surface area contributed by atoms with Crippen LogP contribution in [0.1, 0.15) is 11.1 Å². The second-order valence-electron chi connectivity index (χ2n) is 4.27. The first-order valence-electron chi connectivity index (χ1n) is 5.97. The summed E-state index contributed by atoms with van der Waals surface area (Å²) in [6, 6.07) is 17.4. The summed E-state index contributed by atoms with van der Waals surface area (Å²) in [6.45, 7) is -0.138. The van der Waals surface area contributed by atoms with Gasteiger partial charge in [-0.15, -0.1) is 0 Å². The number of hydrogen-bond acceptors (Lipinski definition) is 4. The van der Waals surface area contributed by atoms with Gasteiger partial charge in [0.15, 0.2) is 5.60 Å². The molecule has 0 bridgehead atoms. The molecule has 106 valence electrons. The molecule has 0 aliphatic carbocycles. The SMILES string of the molecule is NCC(OS(=O)(=O)O)(c1ccccc1)c1ccccc1. The summed E-state index contributed by atoms with van der Waals surface area (Å²) in [7, 11) is -4.67. The first-order valence-corrected chi connectivity index (χ1v) is 7.34. The highest BCUT2D eigenvalue weighted by Gasteiger charge is 2.38. The molecule has 2 rings (SSSR count). The zero-order valence-corrected chi connectivity index (χ0v) is 11.5. The molecule has 0 aromatic heterocycles. The van der Waals surface area contributed by atoms with Gasteiger partial charge in [-0.25, -0.2) is 4.18 Å². The summed E-state index contributed by atoms with van der Waals surface area (Å²) in [4.78, 5) is 0. The summed E-state index contributed by atoms with van der Waals surface area (Å²) in [5.74, 6) is 0. The number of nitrogens with two attached hydrogens (primary N) is 1. The highest BCUT2D eigenvalue weighted by atomic mass is 32.3. The molecule has 0 heterocycles. The highest BCUT2D eigenvalue weighted by molar-refractivity contribution is 7.80. The Labute approximate surface area is 118 Å². The molecule has 2 aromatic rings. The van der Waals surface area contributed by atoms with E-state index < -0.39 is 16.0 Å². The van der Waals surface area contributed by atoms with Crippen molar-refractivity contribution in [2.24, 2.45) is 5.73 Å². The van der Waals surface area contributed by atoms with Crippen molar-refractivity contribution in [3.05, 3.63) is 71.8 Å². The Hall–Kier alpha value is -1.73. The minimum absolute atomic E-state index is 0.138. The maximum Gasteiger partial charge on any atom is 0.398 e. The molecule has 0 aliphatic rings. The van der Waals surface area contributed by atoms with Gasteiger partial charge >= 0.3 is 10.4 Å². The average Bonchev–Trinajstić information content (AvgIpc) is 2.46. The van der Waals surface area contributed by atoms with Crippen LogP contribution in [0.2, 0.25) is 0 Å². The second kappa shape index (κ2) is 5.72. The van der Waals surface area contributed by atoms with E-state index >= 15 is 0 Å². The van der Waals surface area contributed by atoms with E-state index in [2.05, 4.69) is 0 Å². The van der Waals surface area contributed by atoms with Crippen molar-refractivity contribution in [3.8, 4) is 0 Å². The summed E-state index contributed by atoms with van der Waals surface area (Å²) < 4.78 is 36.5. The fourth-order valence-electron chi connectivity index (χ4n) is 2.13. The van der Waals surface area contributed by atoms with E-state index in [4.69, 9.17) is 14.5 Å². The molecule has 3 N–H and O–H groups in total. The predicted octanol–water partition coefficient (Wildman–Crippen LogP) is 1.71. The van der Waals surface area contributed by atoms with Crippen molar-refractivity contribution in [2.45, 2.75) is 5.60 Å². The van der Waals surface area contributed by atoms with Crippen LogP contribution < -0.4 is 5.73 Å². The maximum absolute atomic E-state index is 11.2. The summed E-state index contributed by atoms with van der Waals surface area (Å²) in [5, 5.41) is 0. The summed E-state index contributed by atoms with van der Waals surface area (Å²) in [6.07, 6.45) is 0. The van der Waals surface area contributed by atoms with Crippen molar-refractivity contribution < 1.29 is 17.2 Å². The smallest absolute Gasteiger partial charge is 0.327 e. The Bertz CT molecular complexity index is 617. The average molecular weight is 293 g/mol. The van der Waals surface area contributed by atoms with Gasteiger partial charge in [-0.1, -0.05) is 60.7 Å². The Morgan fingerprint density at radius 3 is 1.65 bits per heavy atom. The quantitative estimate of drug-likeness (QED) is 0.819. The first-order chi connectivity index (χ1) is 9.48. The van der Waals surface area contributed by atoms with Crippen LogP contribution in [-0.4, -0.2) is 19.5 Å². The largest absolute Gasteiger partial charge is 0.398 e. The van der Waals surface area contributed by atoms with Crippen LogP contribution >= 0.6 is 0 Å². The Morgan fingerprint density at radius 2 is 1.35 bits per heavy atom. The van der Waals surface area contributed by atoms with Crippen LogP contribution in [-0.2, 0) is 20.2 Å². The van der Waals surface area contributed by atoms with Gasteiger partial charge in [-0.05, 0) is 11.1 Å². The van der Waals surface area contributed by atoms with Crippen molar-refractivity contribution in [3.63, 3.8) is 0 Å². The fourth-order valence-corrected chi connectivity index (χ4v) is 2.75. The standard InChI is InChI=1S/C14H15NO4S/c15-11-14(19-20(16,17)18,12-7-3-1-4-8-12)13-9-5-2-6-10-13/h1-10H,11,15H2,(H,16,17,18). The second-order valence-corrected chi connectivity index (χ2v) is 5.30. The third-order valence-corrected chi connectivity index (χ3v) is 3.51. The number of hydrogen-bond donors (Lipinski definition) is 2. The molecule has 0 fully saturated rings. The first kappa shape index (κ1) is 14.7. The predicted molar refractivity (Wildman–Crippen MR) is 75.4 cm³/mol. The summed E-state index contributed by atoms with van der Waals surface area (Å²) >= 11 is 0. The summed E-state index contributed by atoms with van der Waals surface area (Å²) in [5.41, 5.74) is 5.43. The van der Waals surface area contributed by atoms with Crippen molar-refractivity contribution in [2.75, 3.05) is 6.54 Å². The molecule has 0 unspecified atom stereocenters. The lowest BCUT2D eigenvalue weighted by atomic mass is 9.86. The van der Waals surface area contributed by atoms with E-state index in [9.17, 15) is 8.42 Å². The molecule has 20 heavy (non-hydrogen) atoms. The van der Waals surface area contributed by atoms with Gasteiger partial charge in [0.1, 0.15) is 0 Å². The van der Waals surface area contributed by atoms with E-state index in [0.29, 0.717) is 11.1 Å². The molecular formula is C14H15NO4S. The van der Waals surface area contributed by atoms with Gasteiger partial charge in [0.05, 0.1) is 0 Å². The third-order valence-electron chi connectivity index (χ3n) is 3.02. The Balaban J connectivity index is 2.64. The van der Waals surface area contributed by atoms with Crippen LogP contribution in [0.4, 0.5) is 0 Å². The van der Waals surface area contributed by atoms with Gasteiger partial charge in [0.25, 0.3) is 0 Å². The fraction of sp³-hybridized carbons (Fsp3) is 0.143. The lowest BCUT2D eigenvalue weighted by molar-refractivity contribution is 0.109. The van der Waals surface area contributed by atoms with Gasteiger partial charge in [0, 0.05) is 6.54 Å². The van der Waals surface area contributed by atoms with Crippen LogP contribution in [0.3, 0.4) is 0 Å². The minimum atomic E-state index is -4.67. The van der Waals surface area contributed by atoms with Crippen molar-refractivity contribution >= 4 is 10.4 Å². The van der Waals surface area contributed by atoms with E-state index in [1.165, 1.54) is 0 Å². The lowest BCUT2D eigenvalue weighted by Gasteiger charge is -2.31. The maximum atomic E-state index is 11.2. The molecule has 0 radical (unpaired) electrons. The minimum Gasteiger partial charge on any atom is -0.327 e. The van der Waals surface area contributed by atoms with E-state index in [1.54, 1.807) is 60.7 Å². The molecule has 0 saturated heterocycles.